The molecule has 1 radical (unpaired) electrons. The second-order valence-electron chi connectivity index (χ2n) is 1.11. The fraction of sp³-hybridized carbons (Fsp3) is 0.400. The molecule has 0 unspecified atom stereocenters. The van der Waals surface area contributed by atoms with E-state index in [-0.39, 0.29) is 0 Å². The van der Waals surface area contributed by atoms with Gasteiger partial charge < -0.3 is 4.74 Å². The Bertz CT molecular complexity index is 61.1. The number of methoxy groups -OCH3 is 1. The molecule has 2 heteroatoms. The van der Waals surface area contributed by atoms with E-state index in [4.69, 9.17) is 4.74 Å². The Balaban J connectivity index is 2.82. The van der Waals surface area contributed by atoms with E-state index >= 15 is 0 Å². The van der Waals surface area contributed by atoms with Crippen LogP contribution in [0.2, 0.25) is 0 Å². The molecule has 0 N–H and O–H groups in total. The summed E-state index contributed by atoms with van der Waals surface area (Å²) in [5, 5.41) is 0. The van der Waals surface area contributed by atoms with Crippen LogP contribution in [0.15, 0.2) is 11.1 Å². The lowest BCUT2D eigenvalue weighted by Gasteiger charge is -1.91. The van der Waals surface area contributed by atoms with E-state index in [0.717, 1.165) is 4.48 Å². The molecule has 0 saturated carbocycles. The maximum absolute atomic E-state index is 4.71. The molecule has 0 saturated heterocycles. The number of rotatable bonds is 3. The summed E-state index contributed by atoms with van der Waals surface area (Å²) in [6, 6.07) is 0. The molecule has 0 aromatic heterocycles. The zero-order valence-electron chi connectivity index (χ0n) is 4.28. The zero-order chi connectivity index (χ0) is 5.70. The number of halogens is 1. The summed E-state index contributed by atoms with van der Waals surface area (Å²) in [6.07, 6.45) is 1.85. The normalized spacial score (nSPS) is 8.86. The lowest BCUT2D eigenvalue weighted by atomic mass is 10.5. The van der Waals surface area contributed by atoms with Crippen LogP contribution in [-0.2, 0) is 4.74 Å². The first kappa shape index (κ1) is 7.18. The van der Waals surface area contributed by atoms with Crippen molar-refractivity contribution in [2.75, 3.05) is 13.7 Å². The van der Waals surface area contributed by atoms with Gasteiger partial charge >= 0.3 is 0 Å². The van der Waals surface area contributed by atoms with Gasteiger partial charge in [-0.15, -0.1) is 0 Å². The quantitative estimate of drug-likeness (QED) is 0.617. The molecule has 0 atom stereocenters. The fourth-order valence-corrected chi connectivity index (χ4v) is 0.306. The maximum atomic E-state index is 4.71. The van der Waals surface area contributed by atoms with Gasteiger partial charge in [0, 0.05) is 13.5 Å². The van der Waals surface area contributed by atoms with Gasteiger partial charge in [0.2, 0.25) is 0 Å². The Morgan fingerprint density at radius 2 is 2.57 bits per heavy atom. The summed E-state index contributed by atoms with van der Waals surface area (Å²) in [6.45, 7) is 4.20. The van der Waals surface area contributed by atoms with Gasteiger partial charge in [-0.3, -0.25) is 0 Å². The van der Waals surface area contributed by atoms with Crippen LogP contribution in [0, 0.1) is 6.42 Å². The zero-order valence-corrected chi connectivity index (χ0v) is 5.86. The summed E-state index contributed by atoms with van der Waals surface area (Å²) >= 11 is 3.15. The highest BCUT2D eigenvalue weighted by Crippen LogP contribution is 2.03. The molecule has 1 nitrogen and oxygen atoms in total. The van der Waals surface area contributed by atoms with Gasteiger partial charge in [0.25, 0.3) is 0 Å². The largest absolute Gasteiger partial charge is 0.384 e. The van der Waals surface area contributed by atoms with Crippen molar-refractivity contribution >= 4 is 15.9 Å². The molecular weight excluding hydrogens is 156 g/mol. The van der Waals surface area contributed by atoms with Gasteiger partial charge in [-0.2, -0.15) is 0 Å². The van der Waals surface area contributed by atoms with E-state index < -0.39 is 0 Å². The van der Waals surface area contributed by atoms with Crippen molar-refractivity contribution < 1.29 is 4.74 Å². The molecule has 0 aliphatic carbocycles. The van der Waals surface area contributed by atoms with E-state index in [1.165, 1.54) is 0 Å². The highest BCUT2D eigenvalue weighted by atomic mass is 79.9. The Morgan fingerprint density at radius 3 is 2.71 bits per heavy atom. The van der Waals surface area contributed by atoms with Crippen LogP contribution >= 0.6 is 15.9 Å². The van der Waals surface area contributed by atoms with Crippen LogP contribution in [0.4, 0.5) is 0 Å². The van der Waals surface area contributed by atoms with E-state index in [1.807, 2.05) is 6.42 Å². The van der Waals surface area contributed by atoms with Crippen molar-refractivity contribution in [3.8, 4) is 0 Å². The van der Waals surface area contributed by atoms with Gasteiger partial charge in [-0.1, -0.05) is 22.5 Å². The van der Waals surface area contributed by atoms with Crippen molar-refractivity contribution in [2.45, 2.75) is 0 Å². The van der Waals surface area contributed by atoms with E-state index in [2.05, 4.69) is 22.5 Å². The van der Waals surface area contributed by atoms with Crippen LogP contribution in [0.25, 0.3) is 0 Å². The van der Waals surface area contributed by atoms with Gasteiger partial charge in [0.1, 0.15) is 0 Å². The first-order chi connectivity index (χ1) is 3.27. The minimum Gasteiger partial charge on any atom is -0.384 e. The highest BCUT2D eigenvalue weighted by molar-refractivity contribution is 9.11. The molecule has 0 aliphatic rings. The molecule has 0 fully saturated rings. The second-order valence-corrected chi connectivity index (χ2v) is 2.12. The van der Waals surface area contributed by atoms with Crippen LogP contribution in [-0.4, -0.2) is 13.7 Å². The average molecular weight is 164 g/mol. The van der Waals surface area contributed by atoms with E-state index in [0.29, 0.717) is 6.61 Å². The van der Waals surface area contributed by atoms with Crippen LogP contribution < -0.4 is 0 Å². The van der Waals surface area contributed by atoms with Crippen molar-refractivity contribution in [1.82, 2.24) is 0 Å². The SMILES string of the molecule is C=C(Br)[CH]COC. The summed E-state index contributed by atoms with van der Waals surface area (Å²) in [7, 11) is 1.65. The first-order valence-corrected chi connectivity index (χ1v) is 2.73. The van der Waals surface area contributed by atoms with Gasteiger partial charge in [-0.05, 0) is 4.48 Å². The molecule has 0 spiro atoms. The molecule has 0 heterocycles. The number of ether oxygens (including phenoxy) is 1. The third kappa shape index (κ3) is 6.18. The molecule has 0 aromatic rings. The number of hydrogen-bond acceptors (Lipinski definition) is 1. The van der Waals surface area contributed by atoms with Crippen molar-refractivity contribution in [1.29, 1.82) is 0 Å². The van der Waals surface area contributed by atoms with Crippen molar-refractivity contribution in [2.24, 2.45) is 0 Å². The standard InChI is InChI=1S/C5H8BrO/c1-5(6)3-4-7-2/h3H,1,4H2,2H3. The average Bonchev–Trinajstić information content (AvgIpc) is 1.61. The summed E-state index contributed by atoms with van der Waals surface area (Å²) in [4.78, 5) is 0. The number of hydrogen-bond donors (Lipinski definition) is 0. The molecule has 7 heavy (non-hydrogen) atoms. The van der Waals surface area contributed by atoms with E-state index in [1.54, 1.807) is 7.11 Å². The van der Waals surface area contributed by atoms with Crippen LogP contribution in [0.5, 0.6) is 0 Å². The summed E-state index contributed by atoms with van der Waals surface area (Å²) < 4.78 is 5.58. The molecule has 0 amide bonds. The smallest absolute Gasteiger partial charge is 0.0542 e. The van der Waals surface area contributed by atoms with Crippen molar-refractivity contribution in [3.05, 3.63) is 17.5 Å². The van der Waals surface area contributed by atoms with Crippen molar-refractivity contribution in [3.63, 3.8) is 0 Å². The lowest BCUT2D eigenvalue weighted by Crippen LogP contribution is -1.86. The summed E-state index contributed by atoms with van der Waals surface area (Å²) in [5.74, 6) is 0. The van der Waals surface area contributed by atoms with Gasteiger partial charge in [-0.25, -0.2) is 0 Å². The maximum Gasteiger partial charge on any atom is 0.0542 e. The Kier molecular flexibility index (Phi) is 4.45. The van der Waals surface area contributed by atoms with Crippen LogP contribution in [0.3, 0.4) is 0 Å². The Hall–Kier alpha value is 0.180. The minimum atomic E-state index is 0.629. The monoisotopic (exact) mass is 163 g/mol. The third-order valence-electron chi connectivity index (χ3n) is 0.471. The molecule has 0 rings (SSSR count). The highest BCUT2D eigenvalue weighted by Gasteiger charge is 1.83. The predicted molar refractivity (Wildman–Crippen MR) is 34.2 cm³/mol. The second kappa shape index (κ2) is 4.34. The Labute approximate surface area is 52.5 Å². The first-order valence-electron chi connectivity index (χ1n) is 1.94. The fourth-order valence-electron chi connectivity index (χ4n) is 0.174. The van der Waals surface area contributed by atoms with Gasteiger partial charge in [0.15, 0.2) is 0 Å². The third-order valence-corrected chi connectivity index (χ3v) is 0.795. The lowest BCUT2D eigenvalue weighted by molar-refractivity contribution is 0.226. The molecule has 0 bridgehead atoms. The molecular formula is C5H8BrO. The predicted octanol–water partition coefficient (Wildman–Crippen LogP) is 1.75. The summed E-state index contributed by atoms with van der Waals surface area (Å²) in [5.41, 5.74) is 0. The minimum absolute atomic E-state index is 0.629. The molecule has 0 aliphatic heterocycles. The van der Waals surface area contributed by atoms with Crippen LogP contribution in [0.1, 0.15) is 0 Å². The van der Waals surface area contributed by atoms with E-state index in [9.17, 15) is 0 Å². The molecule has 0 aromatic carbocycles. The topological polar surface area (TPSA) is 9.23 Å². The Morgan fingerprint density at radius 1 is 2.00 bits per heavy atom. The molecule has 41 valence electrons. The van der Waals surface area contributed by atoms with Gasteiger partial charge in [0.05, 0.1) is 6.61 Å².